The number of hydrogen-bond donors (Lipinski definition) is 1. The summed E-state index contributed by atoms with van der Waals surface area (Å²) >= 11 is 1.10. The summed E-state index contributed by atoms with van der Waals surface area (Å²) in [5.74, 6) is -1.77. The Hall–Kier alpha value is -3.62. The molecule has 226 valence electrons. The minimum absolute atomic E-state index is 0.00618. The zero-order valence-corrected chi connectivity index (χ0v) is 24.9. The van der Waals surface area contributed by atoms with Gasteiger partial charge in [-0.3, -0.25) is 18.4 Å². The highest BCUT2D eigenvalue weighted by molar-refractivity contribution is 7.85. The van der Waals surface area contributed by atoms with E-state index in [1.807, 2.05) is 24.3 Å². The molecule has 4 aromatic rings. The number of Topliss-reactive ketones (excluding diaryl/α,β-unsaturated/α-hetero) is 1. The normalized spacial score (nSPS) is 16.9. The Morgan fingerprint density at radius 2 is 1.84 bits per heavy atom. The molecule has 1 unspecified atom stereocenters. The Balaban J connectivity index is 1.33. The molecule has 2 fully saturated rings. The number of anilines is 3. The van der Waals surface area contributed by atoms with Gasteiger partial charge >= 0.3 is 6.18 Å². The molecular weight excluding hydrogens is 601 g/mol. The molecule has 1 saturated heterocycles. The van der Waals surface area contributed by atoms with E-state index in [0.717, 1.165) is 48.9 Å². The number of rotatable bonds is 9. The van der Waals surface area contributed by atoms with Crippen molar-refractivity contribution in [3.8, 4) is 0 Å². The first kappa shape index (κ1) is 29.5. The quantitative estimate of drug-likeness (QED) is 0.267. The van der Waals surface area contributed by atoms with Gasteiger partial charge in [-0.25, -0.2) is 4.98 Å². The molecule has 0 amide bonds. The van der Waals surface area contributed by atoms with Crippen LogP contribution in [0.1, 0.15) is 28.1 Å². The summed E-state index contributed by atoms with van der Waals surface area (Å²) in [4.78, 5) is 40.6. The van der Waals surface area contributed by atoms with Crippen LogP contribution < -0.4 is 15.8 Å². The molecule has 3 aromatic heterocycles. The minimum Gasteiger partial charge on any atom is -0.369 e. The second-order valence-electron chi connectivity index (χ2n) is 10.8. The largest absolute Gasteiger partial charge is 0.400 e. The molecule has 1 saturated carbocycles. The predicted molar refractivity (Wildman–Crippen MR) is 161 cm³/mol. The van der Waals surface area contributed by atoms with Crippen molar-refractivity contribution in [2.24, 2.45) is 5.92 Å². The number of halogens is 3. The molecule has 1 atom stereocenters. The molecule has 1 N–H and O–H groups in total. The van der Waals surface area contributed by atoms with Crippen LogP contribution in [-0.4, -0.2) is 74.6 Å². The van der Waals surface area contributed by atoms with E-state index in [1.54, 1.807) is 5.38 Å². The number of aromatic nitrogens is 3. The van der Waals surface area contributed by atoms with Crippen molar-refractivity contribution in [2.45, 2.75) is 30.5 Å². The molecule has 4 heterocycles. The van der Waals surface area contributed by atoms with Gasteiger partial charge in [-0.05, 0) is 61.7 Å². The van der Waals surface area contributed by atoms with Crippen LogP contribution in [0.15, 0.2) is 57.7 Å². The number of carbonyl (C=O) groups is 1. The summed E-state index contributed by atoms with van der Waals surface area (Å²) in [6.45, 7) is 3.68. The third-order valence-electron chi connectivity index (χ3n) is 7.58. The first-order valence-corrected chi connectivity index (χ1v) is 16.0. The van der Waals surface area contributed by atoms with Crippen molar-refractivity contribution < 1.29 is 22.2 Å². The zero-order chi connectivity index (χ0) is 30.3. The zero-order valence-electron chi connectivity index (χ0n) is 23.3. The molecule has 43 heavy (non-hydrogen) atoms. The van der Waals surface area contributed by atoms with Crippen LogP contribution in [0.25, 0.3) is 11.0 Å². The van der Waals surface area contributed by atoms with E-state index >= 15 is 0 Å². The summed E-state index contributed by atoms with van der Waals surface area (Å²) in [7, 11) is -0.239. The lowest BCUT2D eigenvalue weighted by Gasteiger charge is -2.34. The Morgan fingerprint density at radius 3 is 2.51 bits per heavy atom. The predicted octanol–water partition coefficient (Wildman–Crippen LogP) is 4.66. The molecule has 1 aliphatic heterocycles. The van der Waals surface area contributed by atoms with Crippen LogP contribution in [-0.2, 0) is 17.3 Å². The van der Waals surface area contributed by atoms with Crippen molar-refractivity contribution in [1.29, 1.82) is 0 Å². The van der Waals surface area contributed by atoms with E-state index in [1.165, 1.54) is 22.9 Å². The second kappa shape index (κ2) is 11.8. The van der Waals surface area contributed by atoms with Gasteiger partial charge in [0, 0.05) is 59.9 Å². The molecule has 1 aliphatic carbocycles. The number of carbonyl (C=O) groups excluding carboxylic acids is 1. The Kier molecular flexibility index (Phi) is 8.09. The molecular formula is C29H29F3N6O3S2. The van der Waals surface area contributed by atoms with Crippen molar-refractivity contribution in [3.05, 3.63) is 68.8 Å². The van der Waals surface area contributed by atoms with Crippen LogP contribution in [0.4, 0.5) is 30.5 Å². The number of likely N-dealkylation sites (N-methyl/N-ethyl adjacent to an activating group) is 1. The fourth-order valence-corrected chi connectivity index (χ4v) is 7.33. The molecule has 0 spiro atoms. The summed E-state index contributed by atoms with van der Waals surface area (Å²) in [5.41, 5.74) is 1.45. The van der Waals surface area contributed by atoms with Gasteiger partial charge in [-0.2, -0.15) is 18.2 Å². The third-order valence-corrected chi connectivity index (χ3v) is 10.1. The average molecular weight is 631 g/mol. The highest BCUT2D eigenvalue weighted by Crippen LogP contribution is 2.33. The topological polar surface area (TPSA) is 100 Å². The number of nitrogens with zero attached hydrogens (tertiary/aromatic N) is 5. The number of alkyl halides is 3. The first-order valence-electron chi connectivity index (χ1n) is 13.8. The average Bonchev–Trinajstić information content (AvgIpc) is 3.72. The van der Waals surface area contributed by atoms with Crippen LogP contribution in [0.3, 0.4) is 0 Å². The number of nitrogens with one attached hydrogen (secondary N) is 1. The SMILES string of the molecule is CN1CCN(c2ccc(Nc3ncc4cc(C(=O)C5CC5)c(=O)n(Cc5sccc5S(=O)CC(F)(F)F)c4n3)cc2)CC1. The maximum atomic E-state index is 13.7. The summed E-state index contributed by atoms with van der Waals surface area (Å²) in [6.07, 6.45) is -1.69. The Morgan fingerprint density at radius 1 is 1.12 bits per heavy atom. The maximum absolute atomic E-state index is 13.7. The minimum atomic E-state index is -4.61. The van der Waals surface area contributed by atoms with Gasteiger partial charge in [0.05, 0.1) is 27.8 Å². The number of ketones is 1. The van der Waals surface area contributed by atoms with E-state index in [-0.39, 0.29) is 40.3 Å². The smallest absolute Gasteiger partial charge is 0.369 e. The fraction of sp³-hybridized carbons (Fsp3) is 0.379. The van der Waals surface area contributed by atoms with Crippen LogP contribution >= 0.6 is 11.3 Å². The molecule has 0 radical (unpaired) electrons. The van der Waals surface area contributed by atoms with E-state index < -0.39 is 28.3 Å². The lowest BCUT2D eigenvalue weighted by atomic mass is 10.1. The van der Waals surface area contributed by atoms with E-state index in [2.05, 4.69) is 32.1 Å². The lowest BCUT2D eigenvalue weighted by molar-refractivity contribution is -0.105. The summed E-state index contributed by atoms with van der Waals surface area (Å²) in [6, 6.07) is 10.7. The number of piperazine rings is 1. The van der Waals surface area contributed by atoms with E-state index in [0.29, 0.717) is 23.1 Å². The maximum Gasteiger partial charge on any atom is 0.400 e. The van der Waals surface area contributed by atoms with Gasteiger partial charge in [0.1, 0.15) is 11.4 Å². The first-order chi connectivity index (χ1) is 20.6. The monoisotopic (exact) mass is 630 g/mol. The number of fused-ring (bicyclic) bond motifs is 1. The van der Waals surface area contributed by atoms with E-state index in [4.69, 9.17) is 0 Å². The molecule has 0 bridgehead atoms. The summed E-state index contributed by atoms with van der Waals surface area (Å²) in [5, 5.41) is 5.14. The van der Waals surface area contributed by atoms with Crippen LogP contribution in [0, 0.1) is 5.92 Å². The standard InChI is InChI=1S/C29H29F3N6O3S2/c1-36-9-11-37(12-10-36)21-6-4-20(5-7-21)34-28-33-15-19-14-22(25(39)18-2-3-18)27(40)38(26(19)35-28)16-23-24(8-13-42-23)43(41)17-29(30,31)32/h4-8,13-15,18H,2-3,9-12,16-17H2,1H3,(H,33,34,35). The number of thiophene rings is 1. The lowest BCUT2D eigenvalue weighted by Crippen LogP contribution is -2.44. The van der Waals surface area contributed by atoms with Gasteiger partial charge in [0.2, 0.25) is 5.95 Å². The summed E-state index contributed by atoms with van der Waals surface area (Å²) < 4.78 is 52.8. The van der Waals surface area contributed by atoms with Gasteiger partial charge < -0.3 is 15.1 Å². The van der Waals surface area contributed by atoms with Gasteiger partial charge in [0.15, 0.2) is 5.78 Å². The Bertz CT molecular complexity index is 1740. The second-order valence-corrected chi connectivity index (χ2v) is 13.3. The van der Waals surface area contributed by atoms with Crippen LogP contribution in [0.5, 0.6) is 0 Å². The van der Waals surface area contributed by atoms with E-state index in [9.17, 15) is 27.0 Å². The third kappa shape index (κ3) is 6.65. The molecule has 6 rings (SSSR count). The molecule has 2 aliphatic rings. The molecule has 1 aromatic carbocycles. The van der Waals surface area contributed by atoms with Crippen molar-refractivity contribution in [3.63, 3.8) is 0 Å². The highest BCUT2D eigenvalue weighted by Gasteiger charge is 2.34. The van der Waals surface area contributed by atoms with Crippen molar-refractivity contribution in [1.82, 2.24) is 19.4 Å². The van der Waals surface area contributed by atoms with Crippen molar-refractivity contribution in [2.75, 3.05) is 49.2 Å². The number of hydrogen-bond acceptors (Lipinski definition) is 9. The highest BCUT2D eigenvalue weighted by atomic mass is 32.2. The molecule has 14 heteroatoms. The number of pyridine rings is 1. The van der Waals surface area contributed by atoms with Crippen LogP contribution in [0.2, 0.25) is 0 Å². The van der Waals surface area contributed by atoms with Gasteiger partial charge in [-0.1, -0.05) is 0 Å². The fourth-order valence-electron chi connectivity index (χ4n) is 5.07. The number of benzene rings is 1. The van der Waals surface area contributed by atoms with Gasteiger partial charge in [0.25, 0.3) is 5.56 Å². The van der Waals surface area contributed by atoms with Crippen molar-refractivity contribution >= 4 is 56.3 Å². The Labute approximate surface area is 251 Å². The molecule has 9 nitrogen and oxygen atoms in total. The van der Waals surface area contributed by atoms with Gasteiger partial charge in [-0.15, -0.1) is 11.3 Å².